The van der Waals surface area contributed by atoms with Crippen molar-refractivity contribution in [1.82, 2.24) is 14.5 Å². The summed E-state index contributed by atoms with van der Waals surface area (Å²) < 4.78 is 2.33. The standard InChI is InChI=1S/C26H24N4S/c1-2-20-17-31-26-28-24(22-10-5-6-14-27-22)25(30(20)26)23-11-7-15-29(23)21-13-12-18-8-3-4-9-19(18)16-21/h3-16,20,24-25H,2,17H2,1H3/t20-,24-,25-/m1/s1. The first-order valence-electron chi connectivity index (χ1n) is 10.9. The van der Waals surface area contributed by atoms with E-state index in [9.17, 15) is 0 Å². The molecule has 4 aromatic rings. The maximum atomic E-state index is 5.17. The third-order valence-corrected chi connectivity index (χ3v) is 7.55. The number of amidine groups is 1. The molecule has 5 heteroatoms. The van der Waals surface area contributed by atoms with Crippen LogP contribution >= 0.6 is 11.8 Å². The van der Waals surface area contributed by atoms with Gasteiger partial charge in [0.2, 0.25) is 0 Å². The SMILES string of the molecule is CC[C@@H]1CSC2=N[C@H](c3ccccn3)[C@@H](c3cccn3-c3ccc4ccccc4c3)N21. The maximum absolute atomic E-state index is 5.17. The molecule has 1 fully saturated rings. The monoisotopic (exact) mass is 424 g/mol. The molecule has 0 N–H and O–H groups in total. The average Bonchev–Trinajstić information content (AvgIpc) is 3.54. The molecular weight excluding hydrogens is 400 g/mol. The van der Waals surface area contributed by atoms with E-state index >= 15 is 0 Å². The highest BCUT2D eigenvalue weighted by atomic mass is 32.2. The van der Waals surface area contributed by atoms with Crippen LogP contribution in [0.5, 0.6) is 0 Å². The van der Waals surface area contributed by atoms with Crippen molar-refractivity contribution in [2.24, 2.45) is 4.99 Å². The van der Waals surface area contributed by atoms with Crippen LogP contribution in [0.15, 0.2) is 90.2 Å². The van der Waals surface area contributed by atoms with Crippen molar-refractivity contribution in [2.75, 3.05) is 5.75 Å². The Hall–Kier alpha value is -3.05. The molecule has 0 unspecified atom stereocenters. The highest BCUT2D eigenvalue weighted by Crippen LogP contribution is 2.48. The van der Waals surface area contributed by atoms with Gasteiger partial charge in [0.25, 0.3) is 0 Å². The fourth-order valence-corrected chi connectivity index (χ4v) is 6.21. The molecule has 0 amide bonds. The van der Waals surface area contributed by atoms with E-state index in [4.69, 9.17) is 9.98 Å². The molecule has 6 rings (SSSR count). The first-order valence-corrected chi connectivity index (χ1v) is 11.9. The molecule has 2 aromatic carbocycles. The second kappa shape index (κ2) is 7.57. The van der Waals surface area contributed by atoms with Crippen LogP contribution in [0.2, 0.25) is 0 Å². The van der Waals surface area contributed by atoms with Crippen LogP contribution in [0.4, 0.5) is 0 Å². The molecule has 0 spiro atoms. The van der Waals surface area contributed by atoms with Crippen LogP contribution in [-0.2, 0) is 0 Å². The molecule has 0 saturated carbocycles. The van der Waals surface area contributed by atoms with Crippen molar-refractivity contribution in [3.63, 3.8) is 0 Å². The maximum Gasteiger partial charge on any atom is 0.160 e. The van der Waals surface area contributed by atoms with Gasteiger partial charge in [-0.1, -0.05) is 55.1 Å². The van der Waals surface area contributed by atoms with E-state index in [0.717, 1.165) is 17.9 Å². The molecule has 3 atom stereocenters. The summed E-state index contributed by atoms with van der Waals surface area (Å²) in [7, 11) is 0. The van der Waals surface area contributed by atoms with Crippen LogP contribution < -0.4 is 0 Å². The first-order chi connectivity index (χ1) is 15.3. The van der Waals surface area contributed by atoms with Gasteiger partial charge in [0.05, 0.1) is 5.69 Å². The van der Waals surface area contributed by atoms with E-state index < -0.39 is 0 Å². The summed E-state index contributed by atoms with van der Waals surface area (Å²) in [6.07, 6.45) is 5.17. The van der Waals surface area contributed by atoms with Crippen molar-refractivity contribution in [2.45, 2.75) is 31.5 Å². The fourth-order valence-electron chi connectivity index (χ4n) is 4.87. The van der Waals surface area contributed by atoms with Crippen LogP contribution in [0, 0.1) is 0 Å². The number of hydrogen-bond acceptors (Lipinski definition) is 4. The Morgan fingerprint density at radius 1 is 0.968 bits per heavy atom. The molecule has 2 aliphatic rings. The Balaban J connectivity index is 1.48. The molecule has 2 aromatic heterocycles. The smallest absolute Gasteiger partial charge is 0.160 e. The Bertz CT molecular complexity index is 1260. The number of aliphatic imine (C=N–C) groups is 1. The normalized spacial score (nSPS) is 22.7. The molecule has 0 aliphatic carbocycles. The summed E-state index contributed by atoms with van der Waals surface area (Å²) in [5.74, 6) is 1.11. The van der Waals surface area contributed by atoms with Crippen LogP contribution in [0.25, 0.3) is 16.5 Å². The van der Waals surface area contributed by atoms with Gasteiger partial charge in [-0.2, -0.15) is 0 Å². The molecule has 0 radical (unpaired) electrons. The van der Waals surface area contributed by atoms with Gasteiger partial charge in [-0.15, -0.1) is 0 Å². The summed E-state index contributed by atoms with van der Waals surface area (Å²) in [6.45, 7) is 2.28. The summed E-state index contributed by atoms with van der Waals surface area (Å²) >= 11 is 1.89. The minimum atomic E-state index is 0.00663. The Labute approximate surface area is 186 Å². The van der Waals surface area contributed by atoms with Gasteiger partial charge < -0.3 is 9.47 Å². The van der Waals surface area contributed by atoms with E-state index in [1.807, 2.05) is 24.0 Å². The number of fused-ring (bicyclic) bond motifs is 2. The minimum Gasteiger partial charge on any atom is -0.337 e. The molecule has 4 heterocycles. The molecule has 4 nitrogen and oxygen atoms in total. The Morgan fingerprint density at radius 2 is 1.84 bits per heavy atom. The zero-order valence-corrected chi connectivity index (χ0v) is 18.2. The van der Waals surface area contributed by atoms with Gasteiger partial charge in [0.1, 0.15) is 12.1 Å². The third-order valence-electron chi connectivity index (χ3n) is 6.42. The lowest BCUT2D eigenvalue weighted by molar-refractivity contribution is 0.249. The highest BCUT2D eigenvalue weighted by molar-refractivity contribution is 8.14. The lowest BCUT2D eigenvalue weighted by Crippen LogP contribution is -2.36. The number of rotatable bonds is 4. The molecule has 1 saturated heterocycles. The summed E-state index contributed by atoms with van der Waals surface area (Å²) in [5.41, 5.74) is 3.49. The number of aromatic nitrogens is 2. The summed E-state index contributed by atoms with van der Waals surface area (Å²) in [4.78, 5) is 12.4. The Morgan fingerprint density at radius 3 is 2.68 bits per heavy atom. The van der Waals surface area contributed by atoms with Gasteiger partial charge in [0, 0.05) is 35.6 Å². The minimum absolute atomic E-state index is 0.00663. The number of pyridine rings is 1. The average molecular weight is 425 g/mol. The van der Waals surface area contributed by atoms with Crippen molar-refractivity contribution < 1.29 is 0 Å². The molecular formula is C26H24N4S. The van der Waals surface area contributed by atoms with Crippen LogP contribution in [0.1, 0.15) is 36.8 Å². The lowest BCUT2D eigenvalue weighted by Gasteiger charge is -2.32. The zero-order valence-electron chi connectivity index (χ0n) is 17.4. The van der Waals surface area contributed by atoms with E-state index in [-0.39, 0.29) is 12.1 Å². The number of nitrogens with zero attached hydrogens (tertiary/aromatic N) is 4. The second-order valence-electron chi connectivity index (χ2n) is 8.17. The Kier molecular flexibility index (Phi) is 4.57. The quantitative estimate of drug-likeness (QED) is 0.403. The molecule has 2 aliphatic heterocycles. The predicted molar refractivity (Wildman–Crippen MR) is 129 cm³/mol. The van der Waals surface area contributed by atoms with E-state index in [0.29, 0.717) is 6.04 Å². The van der Waals surface area contributed by atoms with Gasteiger partial charge in [-0.25, -0.2) is 0 Å². The van der Waals surface area contributed by atoms with Gasteiger partial charge in [0.15, 0.2) is 5.17 Å². The van der Waals surface area contributed by atoms with Gasteiger partial charge in [-0.05, 0) is 53.6 Å². The van der Waals surface area contributed by atoms with Crippen LogP contribution in [0.3, 0.4) is 0 Å². The summed E-state index contributed by atoms with van der Waals surface area (Å²) in [6, 6.07) is 26.5. The lowest BCUT2D eigenvalue weighted by atomic mass is 9.99. The molecule has 31 heavy (non-hydrogen) atoms. The largest absolute Gasteiger partial charge is 0.337 e. The van der Waals surface area contributed by atoms with Crippen LogP contribution in [-0.4, -0.2) is 31.4 Å². The molecule has 0 bridgehead atoms. The van der Waals surface area contributed by atoms with Crippen molar-refractivity contribution in [1.29, 1.82) is 0 Å². The van der Waals surface area contributed by atoms with Gasteiger partial charge in [-0.3, -0.25) is 9.98 Å². The van der Waals surface area contributed by atoms with E-state index in [2.05, 4.69) is 89.3 Å². The highest BCUT2D eigenvalue weighted by Gasteiger charge is 2.46. The van der Waals surface area contributed by atoms with Crippen molar-refractivity contribution >= 4 is 27.7 Å². The topological polar surface area (TPSA) is 33.4 Å². The van der Waals surface area contributed by atoms with E-state index in [1.54, 1.807) is 0 Å². The fraction of sp³-hybridized carbons (Fsp3) is 0.231. The third kappa shape index (κ3) is 3.07. The number of hydrogen-bond donors (Lipinski definition) is 0. The second-order valence-corrected chi connectivity index (χ2v) is 9.16. The number of thioether (sulfide) groups is 1. The predicted octanol–water partition coefficient (Wildman–Crippen LogP) is 6.00. The number of benzene rings is 2. The van der Waals surface area contributed by atoms with E-state index in [1.165, 1.54) is 27.3 Å². The van der Waals surface area contributed by atoms with Crippen molar-refractivity contribution in [3.05, 3.63) is 96.6 Å². The summed E-state index contributed by atoms with van der Waals surface area (Å²) in [5, 5.41) is 3.69. The van der Waals surface area contributed by atoms with Crippen molar-refractivity contribution in [3.8, 4) is 5.69 Å². The zero-order chi connectivity index (χ0) is 20.8. The molecule has 154 valence electrons. The van der Waals surface area contributed by atoms with Gasteiger partial charge >= 0.3 is 0 Å². The first kappa shape index (κ1) is 18.7.